The fraction of sp³-hybridized carbons (Fsp3) is 0.211. The monoisotopic (exact) mass is 339 g/mol. The van der Waals surface area contributed by atoms with E-state index in [0.29, 0.717) is 22.5 Å². The van der Waals surface area contributed by atoms with Gasteiger partial charge in [0, 0.05) is 12.0 Å². The molecule has 1 N–H and O–H groups in total. The van der Waals surface area contributed by atoms with Gasteiger partial charge in [0.1, 0.15) is 11.4 Å². The molecule has 2 rings (SSSR count). The van der Waals surface area contributed by atoms with Gasteiger partial charge < -0.3 is 14.6 Å². The second kappa shape index (κ2) is 8.50. The summed E-state index contributed by atoms with van der Waals surface area (Å²) < 4.78 is 9.21. The molecule has 0 amide bonds. The molecule has 0 aliphatic heterocycles. The first-order valence-electron chi connectivity index (χ1n) is 7.49. The van der Waals surface area contributed by atoms with Gasteiger partial charge in [-0.15, -0.1) is 0 Å². The number of esters is 2. The van der Waals surface area contributed by atoms with Crippen LogP contribution in [0.1, 0.15) is 33.7 Å². The molecule has 0 spiro atoms. The van der Waals surface area contributed by atoms with Crippen molar-refractivity contribution in [3.05, 3.63) is 58.9 Å². The third-order valence-corrected chi connectivity index (χ3v) is 3.38. The van der Waals surface area contributed by atoms with Gasteiger partial charge in [-0.1, -0.05) is 5.92 Å². The topological polar surface area (TPSA) is 85.7 Å². The molecule has 2 aromatic rings. The van der Waals surface area contributed by atoms with Gasteiger partial charge in [-0.2, -0.15) is 0 Å². The lowest BCUT2D eigenvalue weighted by Gasteiger charge is -2.03. The van der Waals surface area contributed by atoms with Crippen LogP contribution in [0.4, 0.5) is 0 Å². The molecule has 0 bridgehead atoms. The summed E-state index contributed by atoms with van der Waals surface area (Å²) in [6.45, 7) is 0. The van der Waals surface area contributed by atoms with Crippen molar-refractivity contribution in [3.63, 3.8) is 0 Å². The molecule has 0 fully saturated rings. The van der Waals surface area contributed by atoms with Crippen LogP contribution in [0.25, 0.3) is 0 Å². The Labute approximate surface area is 145 Å². The highest BCUT2D eigenvalue weighted by molar-refractivity contribution is 5.89. The van der Waals surface area contributed by atoms with E-state index in [1.165, 1.54) is 20.3 Å². The highest BCUT2D eigenvalue weighted by Crippen LogP contribution is 2.16. The summed E-state index contributed by atoms with van der Waals surface area (Å²) in [7, 11) is 2.63. The maximum Gasteiger partial charge on any atom is 0.337 e. The van der Waals surface area contributed by atoms with Gasteiger partial charge in [0.2, 0.25) is 0 Å². The smallest absolute Gasteiger partial charge is 0.337 e. The van der Waals surface area contributed by atoms with Crippen LogP contribution in [0.2, 0.25) is 0 Å². The second-order valence-electron chi connectivity index (χ2n) is 5.06. The fourth-order valence-electron chi connectivity index (χ4n) is 2.01. The average Bonchev–Trinajstić information content (AvgIpc) is 2.65. The Balaban J connectivity index is 2.14. The number of methoxy groups -OCH3 is 2. The van der Waals surface area contributed by atoms with Crippen molar-refractivity contribution in [3.8, 4) is 17.6 Å². The molecule has 6 nitrogen and oxygen atoms in total. The molecular formula is C19H17NO5. The lowest BCUT2D eigenvalue weighted by atomic mass is 10.1. The van der Waals surface area contributed by atoms with Crippen molar-refractivity contribution in [2.24, 2.45) is 0 Å². The number of hydrogen-bond acceptors (Lipinski definition) is 6. The maximum atomic E-state index is 11.4. The van der Waals surface area contributed by atoms with Crippen molar-refractivity contribution in [2.75, 3.05) is 14.2 Å². The number of ether oxygens (including phenoxy) is 2. The molecule has 0 unspecified atom stereocenters. The number of benzene rings is 1. The van der Waals surface area contributed by atoms with Crippen molar-refractivity contribution < 1.29 is 24.2 Å². The fourth-order valence-corrected chi connectivity index (χ4v) is 2.01. The zero-order valence-electron chi connectivity index (χ0n) is 13.9. The van der Waals surface area contributed by atoms with E-state index in [4.69, 9.17) is 0 Å². The summed E-state index contributed by atoms with van der Waals surface area (Å²) in [4.78, 5) is 26.8. The van der Waals surface area contributed by atoms with Crippen LogP contribution < -0.4 is 0 Å². The number of nitrogens with zero attached hydrogens (tertiary/aromatic N) is 1. The van der Waals surface area contributed by atoms with Crippen LogP contribution in [0.15, 0.2) is 36.4 Å². The van der Waals surface area contributed by atoms with Gasteiger partial charge in [-0.25, -0.2) is 9.78 Å². The van der Waals surface area contributed by atoms with Crippen LogP contribution in [-0.4, -0.2) is 36.2 Å². The molecule has 0 saturated carbocycles. The minimum absolute atomic E-state index is 0.0110. The molecular weight excluding hydrogens is 322 g/mol. The van der Waals surface area contributed by atoms with Crippen LogP contribution in [0.3, 0.4) is 0 Å². The quantitative estimate of drug-likeness (QED) is 0.678. The molecule has 0 saturated heterocycles. The second-order valence-corrected chi connectivity index (χ2v) is 5.06. The molecule has 0 aliphatic carbocycles. The largest absolute Gasteiger partial charge is 0.506 e. The molecule has 1 heterocycles. The first kappa shape index (κ1) is 18.0. The highest BCUT2D eigenvalue weighted by atomic mass is 16.5. The predicted octanol–water partition coefficient (Wildman–Crippen LogP) is 2.08. The van der Waals surface area contributed by atoms with Crippen LogP contribution in [-0.2, 0) is 20.7 Å². The molecule has 1 aromatic heterocycles. The standard InChI is InChI=1S/C19H17NO5/c1-24-18(22)12-10-16-17(21)11-9-15(20-16)8-5-13-3-6-14(7-4-13)19(23)25-2/h3-4,6-7,9,11,21H,10,12H2,1-2H3. The van der Waals surface area contributed by atoms with E-state index < -0.39 is 5.97 Å². The minimum Gasteiger partial charge on any atom is -0.506 e. The number of hydrogen-bond donors (Lipinski definition) is 1. The summed E-state index contributed by atoms with van der Waals surface area (Å²) in [5.41, 5.74) is 2.01. The molecule has 0 radical (unpaired) electrons. The molecule has 25 heavy (non-hydrogen) atoms. The number of aromatic nitrogens is 1. The van der Waals surface area contributed by atoms with E-state index in [1.54, 1.807) is 30.3 Å². The van der Waals surface area contributed by atoms with Gasteiger partial charge in [0.05, 0.1) is 31.9 Å². The third kappa shape index (κ3) is 5.08. The van der Waals surface area contributed by atoms with Gasteiger partial charge >= 0.3 is 11.9 Å². The van der Waals surface area contributed by atoms with Gasteiger partial charge in [-0.3, -0.25) is 4.79 Å². The van der Waals surface area contributed by atoms with E-state index in [2.05, 4.69) is 26.3 Å². The molecule has 128 valence electrons. The normalized spacial score (nSPS) is 9.68. The molecule has 6 heteroatoms. The third-order valence-electron chi connectivity index (χ3n) is 3.38. The Morgan fingerprint density at radius 3 is 2.40 bits per heavy atom. The minimum atomic E-state index is -0.407. The molecule has 0 aliphatic rings. The molecule has 0 atom stereocenters. The van der Waals surface area contributed by atoms with Crippen molar-refractivity contribution in [2.45, 2.75) is 12.8 Å². The van der Waals surface area contributed by atoms with E-state index in [0.717, 1.165) is 0 Å². The molecule has 1 aromatic carbocycles. The van der Waals surface area contributed by atoms with Crippen molar-refractivity contribution in [1.82, 2.24) is 4.98 Å². The first-order chi connectivity index (χ1) is 12.0. The Morgan fingerprint density at radius 1 is 1.04 bits per heavy atom. The number of aryl methyl sites for hydroxylation is 1. The van der Waals surface area contributed by atoms with Gasteiger partial charge in [0.25, 0.3) is 0 Å². The van der Waals surface area contributed by atoms with Crippen LogP contribution in [0.5, 0.6) is 5.75 Å². The Morgan fingerprint density at radius 2 is 1.76 bits per heavy atom. The van der Waals surface area contributed by atoms with E-state index in [-0.39, 0.29) is 24.6 Å². The van der Waals surface area contributed by atoms with Crippen LogP contribution in [0, 0.1) is 11.8 Å². The summed E-state index contributed by atoms with van der Waals surface area (Å²) in [5, 5.41) is 9.81. The lowest BCUT2D eigenvalue weighted by molar-refractivity contribution is -0.140. The van der Waals surface area contributed by atoms with E-state index in [9.17, 15) is 14.7 Å². The Hall–Kier alpha value is -3.33. The SMILES string of the molecule is COC(=O)CCc1nc(C#Cc2ccc(C(=O)OC)cc2)ccc1O. The predicted molar refractivity (Wildman–Crippen MR) is 90.0 cm³/mol. The Kier molecular flexibility index (Phi) is 6.13. The number of rotatable bonds is 4. The number of pyridine rings is 1. The van der Waals surface area contributed by atoms with Crippen LogP contribution >= 0.6 is 0 Å². The van der Waals surface area contributed by atoms with E-state index in [1.807, 2.05) is 0 Å². The summed E-state index contributed by atoms with van der Waals surface area (Å²) >= 11 is 0. The van der Waals surface area contributed by atoms with Gasteiger partial charge in [-0.05, 0) is 42.3 Å². The number of carbonyl (C=O) groups excluding carboxylic acids is 2. The summed E-state index contributed by atoms with van der Waals surface area (Å²) in [5.74, 6) is 5.05. The van der Waals surface area contributed by atoms with Gasteiger partial charge in [0.15, 0.2) is 0 Å². The zero-order chi connectivity index (χ0) is 18.2. The number of carbonyl (C=O) groups is 2. The maximum absolute atomic E-state index is 11.4. The first-order valence-corrected chi connectivity index (χ1v) is 7.49. The van der Waals surface area contributed by atoms with E-state index >= 15 is 0 Å². The van der Waals surface area contributed by atoms with Crippen molar-refractivity contribution in [1.29, 1.82) is 0 Å². The summed E-state index contributed by atoms with van der Waals surface area (Å²) in [6.07, 6.45) is 0.394. The summed E-state index contributed by atoms with van der Waals surface area (Å²) in [6, 6.07) is 9.75. The average molecular weight is 339 g/mol. The highest BCUT2D eigenvalue weighted by Gasteiger charge is 2.08. The lowest BCUT2D eigenvalue weighted by Crippen LogP contribution is -2.03. The number of aromatic hydroxyl groups is 1. The Bertz CT molecular complexity index is 831. The zero-order valence-corrected chi connectivity index (χ0v) is 13.9. The van der Waals surface area contributed by atoms with Crippen molar-refractivity contribution >= 4 is 11.9 Å².